The van der Waals surface area contributed by atoms with Gasteiger partial charge in [-0.3, -0.25) is 0 Å². The molecule has 0 saturated carbocycles. The van der Waals surface area contributed by atoms with E-state index in [1.807, 2.05) is 30.3 Å². The van der Waals surface area contributed by atoms with Gasteiger partial charge in [-0.25, -0.2) is 9.79 Å². The van der Waals surface area contributed by atoms with Gasteiger partial charge in [0.1, 0.15) is 5.75 Å². The van der Waals surface area contributed by atoms with Crippen LogP contribution in [-0.2, 0) is 9.53 Å². The average molecular weight is 344 g/mol. The Balaban J connectivity index is 1.95. The number of aromatic hydroxyl groups is 1. The molecule has 21 heavy (non-hydrogen) atoms. The van der Waals surface area contributed by atoms with Crippen molar-refractivity contribution in [2.75, 3.05) is 0 Å². The number of hydrogen-bond acceptors (Lipinski definition) is 4. The number of benzene rings is 2. The molecule has 104 valence electrons. The van der Waals surface area contributed by atoms with Crippen LogP contribution in [0.5, 0.6) is 5.75 Å². The van der Waals surface area contributed by atoms with Crippen molar-refractivity contribution >= 4 is 33.9 Å². The van der Waals surface area contributed by atoms with Crippen LogP contribution in [0.2, 0.25) is 0 Å². The quantitative estimate of drug-likeness (QED) is 0.670. The Morgan fingerprint density at radius 2 is 1.90 bits per heavy atom. The number of phenols is 1. The molecule has 0 spiro atoms. The van der Waals surface area contributed by atoms with E-state index in [4.69, 9.17) is 4.74 Å². The van der Waals surface area contributed by atoms with E-state index in [2.05, 4.69) is 20.9 Å². The van der Waals surface area contributed by atoms with Gasteiger partial charge in [-0.05, 0) is 51.8 Å². The molecule has 2 aromatic rings. The van der Waals surface area contributed by atoms with Crippen molar-refractivity contribution in [2.45, 2.75) is 0 Å². The molecule has 0 amide bonds. The monoisotopic (exact) mass is 343 g/mol. The fourth-order valence-electron chi connectivity index (χ4n) is 1.88. The first-order valence-electron chi connectivity index (χ1n) is 6.20. The van der Waals surface area contributed by atoms with Gasteiger partial charge in [0.25, 0.3) is 0 Å². The van der Waals surface area contributed by atoms with E-state index in [9.17, 15) is 9.90 Å². The van der Waals surface area contributed by atoms with E-state index < -0.39 is 5.97 Å². The Bertz CT molecular complexity index is 766. The van der Waals surface area contributed by atoms with Gasteiger partial charge >= 0.3 is 5.97 Å². The van der Waals surface area contributed by atoms with E-state index in [0.717, 1.165) is 11.1 Å². The highest BCUT2D eigenvalue weighted by Crippen LogP contribution is 2.26. The Morgan fingerprint density at radius 3 is 2.62 bits per heavy atom. The van der Waals surface area contributed by atoms with Crippen LogP contribution in [0, 0.1) is 0 Å². The first kappa shape index (κ1) is 13.6. The average Bonchev–Trinajstić information content (AvgIpc) is 2.85. The second-order valence-electron chi connectivity index (χ2n) is 4.41. The number of carbonyl (C=O) groups is 1. The molecule has 5 heteroatoms. The van der Waals surface area contributed by atoms with Gasteiger partial charge < -0.3 is 9.84 Å². The zero-order valence-electron chi connectivity index (χ0n) is 10.8. The molecule has 0 aliphatic carbocycles. The molecule has 0 unspecified atom stereocenters. The smallest absolute Gasteiger partial charge is 0.363 e. The minimum atomic E-state index is -0.488. The second-order valence-corrected chi connectivity index (χ2v) is 5.27. The maximum atomic E-state index is 11.8. The van der Waals surface area contributed by atoms with Crippen LogP contribution in [0.1, 0.15) is 11.1 Å². The summed E-state index contributed by atoms with van der Waals surface area (Å²) in [6.07, 6.45) is 1.61. The number of ether oxygens (including phenoxy) is 1. The minimum Gasteiger partial charge on any atom is -0.507 e. The number of esters is 1. The first-order valence-corrected chi connectivity index (χ1v) is 6.99. The molecule has 3 rings (SSSR count). The first-order chi connectivity index (χ1) is 10.1. The normalized spacial score (nSPS) is 16.0. The number of aliphatic imine (C=N–C) groups is 1. The zero-order valence-corrected chi connectivity index (χ0v) is 12.4. The van der Waals surface area contributed by atoms with Crippen molar-refractivity contribution in [1.82, 2.24) is 0 Å². The third kappa shape index (κ3) is 2.87. The standard InChI is InChI=1S/C16H10BrNO3/c17-12-8-10(6-7-14(12)19)9-13-16(20)21-15(18-13)11-4-2-1-3-5-11/h1-9,19H/b13-9-. The number of phenolic OH excluding ortho intramolecular Hbond substituents is 1. The van der Waals surface area contributed by atoms with Crippen LogP contribution in [-0.4, -0.2) is 17.0 Å². The summed E-state index contributed by atoms with van der Waals surface area (Å²) in [5.74, 6) is -0.0534. The molecule has 4 nitrogen and oxygen atoms in total. The van der Waals surface area contributed by atoms with E-state index in [1.165, 1.54) is 0 Å². The molecule has 1 aliphatic rings. The highest BCUT2D eigenvalue weighted by Gasteiger charge is 2.23. The summed E-state index contributed by atoms with van der Waals surface area (Å²) in [4.78, 5) is 16.1. The molecule has 0 fully saturated rings. The Kier molecular flexibility index (Phi) is 3.58. The van der Waals surface area contributed by atoms with Crippen molar-refractivity contribution in [1.29, 1.82) is 0 Å². The topological polar surface area (TPSA) is 58.9 Å². The van der Waals surface area contributed by atoms with Crippen LogP contribution in [0.4, 0.5) is 0 Å². The minimum absolute atomic E-state index is 0.139. The Labute approximate surface area is 129 Å². The molecule has 1 heterocycles. The van der Waals surface area contributed by atoms with Gasteiger partial charge in [0.15, 0.2) is 5.70 Å². The SMILES string of the molecule is O=C1OC(c2ccccc2)=N/C1=C\c1ccc(O)c(Br)c1. The number of rotatable bonds is 2. The lowest BCUT2D eigenvalue weighted by Gasteiger charge is -1.98. The Hall–Kier alpha value is -2.40. The third-order valence-electron chi connectivity index (χ3n) is 2.92. The maximum Gasteiger partial charge on any atom is 0.363 e. The van der Waals surface area contributed by atoms with Gasteiger partial charge in [-0.2, -0.15) is 0 Å². The zero-order chi connectivity index (χ0) is 14.8. The van der Waals surface area contributed by atoms with E-state index in [-0.39, 0.29) is 11.4 Å². The third-order valence-corrected chi connectivity index (χ3v) is 3.55. The molecule has 2 aromatic carbocycles. The van der Waals surface area contributed by atoms with Crippen LogP contribution in [0.25, 0.3) is 6.08 Å². The highest BCUT2D eigenvalue weighted by molar-refractivity contribution is 9.10. The summed E-state index contributed by atoms with van der Waals surface area (Å²) < 4.78 is 5.72. The predicted molar refractivity (Wildman–Crippen MR) is 82.9 cm³/mol. The van der Waals surface area contributed by atoms with Gasteiger partial charge in [0.05, 0.1) is 4.47 Å². The molecular formula is C16H10BrNO3. The number of cyclic esters (lactones) is 1. The maximum absolute atomic E-state index is 11.8. The fraction of sp³-hybridized carbons (Fsp3) is 0. The summed E-state index contributed by atoms with van der Waals surface area (Å²) in [5, 5.41) is 9.46. The van der Waals surface area contributed by atoms with Crippen molar-refractivity contribution in [3.63, 3.8) is 0 Å². The molecule has 1 N–H and O–H groups in total. The van der Waals surface area contributed by atoms with Crippen molar-refractivity contribution < 1.29 is 14.6 Å². The molecule has 0 radical (unpaired) electrons. The lowest BCUT2D eigenvalue weighted by molar-refractivity contribution is -0.129. The lowest BCUT2D eigenvalue weighted by Crippen LogP contribution is -2.04. The fourth-order valence-corrected chi connectivity index (χ4v) is 2.28. The molecule has 1 aliphatic heterocycles. The van der Waals surface area contributed by atoms with Crippen molar-refractivity contribution in [3.05, 3.63) is 69.8 Å². The van der Waals surface area contributed by atoms with Gasteiger partial charge in [-0.15, -0.1) is 0 Å². The number of halogens is 1. The largest absolute Gasteiger partial charge is 0.507 e. The summed E-state index contributed by atoms with van der Waals surface area (Å²) >= 11 is 3.23. The van der Waals surface area contributed by atoms with Crippen LogP contribution in [0.3, 0.4) is 0 Å². The van der Waals surface area contributed by atoms with E-state index >= 15 is 0 Å². The molecule has 0 saturated heterocycles. The number of carbonyl (C=O) groups excluding carboxylic acids is 1. The van der Waals surface area contributed by atoms with Crippen LogP contribution < -0.4 is 0 Å². The molecule has 0 atom stereocenters. The van der Waals surface area contributed by atoms with Gasteiger partial charge in [0, 0.05) is 5.56 Å². The van der Waals surface area contributed by atoms with Crippen molar-refractivity contribution in [3.8, 4) is 5.75 Å². The predicted octanol–water partition coefficient (Wildman–Crippen LogP) is 3.50. The molecule has 0 aromatic heterocycles. The number of nitrogens with zero attached hydrogens (tertiary/aromatic N) is 1. The lowest BCUT2D eigenvalue weighted by atomic mass is 10.2. The summed E-state index contributed by atoms with van der Waals surface area (Å²) in [5.41, 5.74) is 1.72. The van der Waals surface area contributed by atoms with Crippen molar-refractivity contribution in [2.24, 2.45) is 4.99 Å². The van der Waals surface area contributed by atoms with Crippen LogP contribution in [0.15, 0.2) is 63.7 Å². The van der Waals surface area contributed by atoms with E-state index in [1.54, 1.807) is 24.3 Å². The molecular weight excluding hydrogens is 334 g/mol. The van der Waals surface area contributed by atoms with Crippen LogP contribution >= 0.6 is 15.9 Å². The highest BCUT2D eigenvalue weighted by atomic mass is 79.9. The Morgan fingerprint density at radius 1 is 1.14 bits per heavy atom. The second kappa shape index (κ2) is 5.54. The molecule has 0 bridgehead atoms. The summed E-state index contributed by atoms with van der Waals surface area (Å²) in [6, 6.07) is 14.2. The summed E-state index contributed by atoms with van der Waals surface area (Å²) in [6.45, 7) is 0. The van der Waals surface area contributed by atoms with Gasteiger partial charge in [0.2, 0.25) is 5.90 Å². The van der Waals surface area contributed by atoms with Gasteiger partial charge in [-0.1, -0.05) is 24.3 Å². The number of hydrogen-bond donors (Lipinski definition) is 1. The summed E-state index contributed by atoms with van der Waals surface area (Å²) in [7, 11) is 0. The van der Waals surface area contributed by atoms with E-state index in [0.29, 0.717) is 10.4 Å².